The minimum Gasteiger partial charge on any atom is -0.490 e. The van der Waals surface area contributed by atoms with Crippen LogP contribution >= 0.6 is 0 Å². The Morgan fingerprint density at radius 2 is 1.64 bits per heavy atom. The predicted molar refractivity (Wildman–Crippen MR) is 149 cm³/mol. The highest BCUT2D eigenvalue weighted by atomic mass is 16.6. The van der Waals surface area contributed by atoms with Gasteiger partial charge in [-0.2, -0.15) is 0 Å². The van der Waals surface area contributed by atoms with Gasteiger partial charge in [-0.25, -0.2) is 4.98 Å². The Kier molecular flexibility index (Phi) is 10.8. The number of fused-ring (bicyclic) bond motifs is 1. The molecule has 0 saturated carbocycles. The van der Waals surface area contributed by atoms with Crippen molar-refractivity contribution in [2.75, 3.05) is 44.8 Å². The van der Waals surface area contributed by atoms with E-state index in [2.05, 4.69) is 5.32 Å². The van der Waals surface area contributed by atoms with E-state index in [0.29, 0.717) is 56.7 Å². The third-order valence-corrected chi connectivity index (χ3v) is 6.78. The second-order valence-corrected chi connectivity index (χ2v) is 9.67. The summed E-state index contributed by atoms with van der Waals surface area (Å²) in [7, 11) is 0. The van der Waals surface area contributed by atoms with Gasteiger partial charge in [0.1, 0.15) is 18.3 Å². The molecule has 1 aliphatic heterocycles. The van der Waals surface area contributed by atoms with Crippen molar-refractivity contribution in [3.05, 3.63) is 48.0 Å². The van der Waals surface area contributed by atoms with Gasteiger partial charge in [0, 0.05) is 6.54 Å². The second-order valence-electron chi connectivity index (χ2n) is 9.67. The third kappa shape index (κ3) is 7.18. The van der Waals surface area contributed by atoms with Gasteiger partial charge in [0.05, 0.1) is 30.9 Å². The average molecular weight is 544 g/mol. The summed E-state index contributed by atoms with van der Waals surface area (Å²) < 4.78 is 19.5. The van der Waals surface area contributed by atoms with Gasteiger partial charge in [0.2, 0.25) is 5.95 Å². The zero-order valence-electron chi connectivity index (χ0n) is 22.2. The minimum atomic E-state index is -1.21. The Labute approximate surface area is 228 Å². The number of nitrogens with zero attached hydrogens (tertiary/aromatic N) is 2. The quantitative estimate of drug-likeness (QED) is 0.146. The smallest absolute Gasteiger partial charge is 0.206 e. The molecular formula is C28H41N5O6. The summed E-state index contributed by atoms with van der Waals surface area (Å²) in [4.78, 5) is 4.69. The van der Waals surface area contributed by atoms with Crippen LogP contribution in [-0.4, -0.2) is 82.6 Å². The van der Waals surface area contributed by atoms with Crippen molar-refractivity contribution in [2.24, 2.45) is 11.5 Å². The van der Waals surface area contributed by atoms with Crippen molar-refractivity contribution in [3.8, 4) is 11.5 Å². The molecule has 0 radical (unpaired) electrons. The van der Waals surface area contributed by atoms with Crippen molar-refractivity contribution in [1.29, 1.82) is 0 Å². The van der Waals surface area contributed by atoms with Crippen molar-refractivity contribution < 1.29 is 29.5 Å². The molecule has 1 fully saturated rings. The van der Waals surface area contributed by atoms with E-state index >= 15 is 0 Å². The maximum absolute atomic E-state index is 10.7. The maximum atomic E-state index is 10.7. The van der Waals surface area contributed by atoms with E-state index in [9.17, 15) is 15.3 Å². The molecule has 1 aromatic heterocycles. The molecule has 3 aromatic rings. The van der Waals surface area contributed by atoms with E-state index in [1.165, 1.54) is 0 Å². The lowest BCUT2D eigenvalue weighted by atomic mass is 10.1. The van der Waals surface area contributed by atoms with Gasteiger partial charge >= 0.3 is 0 Å². The Hall–Kier alpha value is -2.93. The number of hydrogen-bond donors (Lipinski definition) is 6. The van der Waals surface area contributed by atoms with Gasteiger partial charge in [0.25, 0.3) is 0 Å². The zero-order valence-corrected chi connectivity index (χ0v) is 22.2. The minimum absolute atomic E-state index is 0.395. The summed E-state index contributed by atoms with van der Waals surface area (Å²) in [5.74, 6) is 1.92. The van der Waals surface area contributed by atoms with Crippen LogP contribution in [0, 0.1) is 0 Å². The van der Waals surface area contributed by atoms with Gasteiger partial charge in [-0.05, 0) is 75.0 Å². The number of aliphatic hydroxyl groups excluding tert-OH is 3. The topological polar surface area (TPSA) is 170 Å². The van der Waals surface area contributed by atoms with E-state index in [1.807, 2.05) is 42.5 Å². The standard InChI is InChI=1S/C28H41N5O6/c29-12-3-5-15-37-22-10-9-19(17-23(22)38-16-6-4-13-30)11-14-31-28-32-20-7-1-2-8-21(20)33(28)27-26(36)25(35)24(18-34)39-27/h1-2,7-10,17,24-27,34-36H,3-6,11-16,18,29-30H2,(H,31,32)/t24-,25-,26-,27-/m1/s1. The molecule has 0 aliphatic carbocycles. The Balaban J connectivity index is 1.46. The average Bonchev–Trinajstić information content (AvgIpc) is 3.45. The normalized spacial score (nSPS) is 20.9. The number of hydrogen-bond acceptors (Lipinski definition) is 10. The fourth-order valence-corrected chi connectivity index (χ4v) is 4.64. The van der Waals surface area contributed by atoms with Gasteiger partial charge in [-0.1, -0.05) is 18.2 Å². The SMILES string of the molecule is NCCCCOc1ccc(CCNc2nc3ccccc3n2[C@@H]2O[C@H](CO)[C@@H](O)[C@H]2O)cc1OCCCCN. The van der Waals surface area contributed by atoms with Crippen LogP contribution in [0.15, 0.2) is 42.5 Å². The first-order valence-corrected chi connectivity index (χ1v) is 13.7. The van der Waals surface area contributed by atoms with E-state index in [1.54, 1.807) is 4.57 Å². The van der Waals surface area contributed by atoms with Crippen LogP contribution in [-0.2, 0) is 11.2 Å². The summed E-state index contributed by atoms with van der Waals surface area (Å²) in [5, 5.41) is 33.9. The molecule has 1 saturated heterocycles. The summed E-state index contributed by atoms with van der Waals surface area (Å²) in [6.07, 6.45) is 0.0409. The third-order valence-electron chi connectivity index (χ3n) is 6.78. The maximum Gasteiger partial charge on any atom is 0.206 e. The molecule has 0 spiro atoms. The first kappa shape index (κ1) is 29.1. The number of imidazole rings is 1. The number of para-hydroxylation sites is 2. The number of anilines is 1. The van der Waals surface area contributed by atoms with Crippen LogP contribution in [0.5, 0.6) is 11.5 Å². The Morgan fingerprint density at radius 3 is 2.33 bits per heavy atom. The van der Waals surface area contributed by atoms with Crippen molar-refractivity contribution >= 4 is 17.0 Å². The summed E-state index contributed by atoms with van der Waals surface area (Å²) in [6.45, 7) is 2.56. The molecule has 8 N–H and O–H groups in total. The Bertz CT molecular complexity index is 1170. The lowest BCUT2D eigenvalue weighted by Crippen LogP contribution is -2.33. The van der Waals surface area contributed by atoms with Crippen molar-refractivity contribution in [1.82, 2.24) is 9.55 Å². The molecular weight excluding hydrogens is 502 g/mol. The first-order chi connectivity index (χ1) is 19.1. The number of unbranched alkanes of at least 4 members (excludes halogenated alkanes) is 2. The molecule has 11 nitrogen and oxygen atoms in total. The molecule has 2 aromatic carbocycles. The first-order valence-electron chi connectivity index (χ1n) is 13.7. The lowest BCUT2D eigenvalue weighted by Gasteiger charge is -2.20. The molecule has 0 amide bonds. The van der Waals surface area contributed by atoms with Crippen molar-refractivity contribution in [2.45, 2.75) is 56.6 Å². The molecule has 0 unspecified atom stereocenters. The molecule has 0 bridgehead atoms. The molecule has 11 heteroatoms. The number of ether oxygens (including phenoxy) is 3. The molecule has 2 heterocycles. The van der Waals surface area contributed by atoms with E-state index in [-0.39, 0.29) is 0 Å². The summed E-state index contributed by atoms with van der Waals surface area (Å²) >= 11 is 0. The van der Waals surface area contributed by atoms with Crippen LogP contribution in [0.3, 0.4) is 0 Å². The zero-order chi connectivity index (χ0) is 27.6. The van der Waals surface area contributed by atoms with Crippen LogP contribution in [0.4, 0.5) is 5.95 Å². The molecule has 214 valence electrons. The lowest BCUT2D eigenvalue weighted by molar-refractivity contribution is -0.0499. The fraction of sp³-hybridized carbons (Fsp3) is 0.536. The second kappa shape index (κ2) is 14.5. The number of benzene rings is 2. The van der Waals surface area contributed by atoms with E-state index < -0.39 is 31.1 Å². The van der Waals surface area contributed by atoms with Gasteiger partial charge < -0.3 is 46.3 Å². The fourth-order valence-electron chi connectivity index (χ4n) is 4.64. The highest BCUT2D eigenvalue weighted by molar-refractivity contribution is 5.78. The highest BCUT2D eigenvalue weighted by Crippen LogP contribution is 2.35. The number of nitrogens with two attached hydrogens (primary N) is 2. The van der Waals surface area contributed by atoms with Gasteiger partial charge in [0.15, 0.2) is 17.7 Å². The monoisotopic (exact) mass is 543 g/mol. The molecule has 1 aliphatic rings. The summed E-state index contributed by atoms with van der Waals surface area (Å²) in [5.41, 5.74) is 13.7. The number of aliphatic hydroxyl groups is 3. The van der Waals surface area contributed by atoms with E-state index in [4.69, 9.17) is 30.7 Å². The van der Waals surface area contributed by atoms with Gasteiger partial charge in [-0.15, -0.1) is 0 Å². The molecule has 4 rings (SSSR count). The van der Waals surface area contributed by atoms with Crippen LogP contribution in [0.25, 0.3) is 11.0 Å². The molecule has 39 heavy (non-hydrogen) atoms. The van der Waals surface area contributed by atoms with Gasteiger partial charge in [-0.3, -0.25) is 4.57 Å². The molecule has 4 atom stereocenters. The van der Waals surface area contributed by atoms with Crippen LogP contribution in [0.1, 0.15) is 37.5 Å². The predicted octanol–water partition coefficient (Wildman–Crippen LogP) is 1.54. The largest absolute Gasteiger partial charge is 0.490 e. The number of nitrogens with one attached hydrogen (secondary N) is 1. The van der Waals surface area contributed by atoms with E-state index in [0.717, 1.165) is 42.3 Å². The van der Waals surface area contributed by atoms with Crippen LogP contribution < -0.4 is 26.3 Å². The Morgan fingerprint density at radius 1 is 0.923 bits per heavy atom. The van der Waals surface area contributed by atoms with Crippen molar-refractivity contribution in [3.63, 3.8) is 0 Å². The number of rotatable bonds is 16. The van der Waals surface area contributed by atoms with Crippen LogP contribution in [0.2, 0.25) is 0 Å². The summed E-state index contributed by atoms with van der Waals surface area (Å²) in [6, 6.07) is 13.5. The highest BCUT2D eigenvalue weighted by Gasteiger charge is 2.44. The number of aromatic nitrogens is 2.